The molecule has 1 aromatic carbocycles. The van der Waals surface area contributed by atoms with Gasteiger partial charge in [-0.25, -0.2) is 0 Å². The molecule has 0 amide bonds. The number of allylic oxidation sites excluding steroid dienone is 2. The molecule has 1 aliphatic rings. The molecule has 0 unspecified atom stereocenters. The Kier molecular flexibility index (Phi) is 4.89. The van der Waals surface area contributed by atoms with E-state index in [1.165, 1.54) is 12.7 Å². The second-order valence-electron chi connectivity index (χ2n) is 5.32. The van der Waals surface area contributed by atoms with Crippen LogP contribution < -0.4 is 9.47 Å². The molecule has 4 heteroatoms. The first-order valence-corrected chi connectivity index (χ1v) is 7.07. The van der Waals surface area contributed by atoms with Crippen molar-refractivity contribution < 1.29 is 19.0 Å². The van der Waals surface area contributed by atoms with Crippen molar-refractivity contribution in [3.63, 3.8) is 0 Å². The van der Waals surface area contributed by atoms with Crippen molar-refractivity contribution in [1.82, 2.24) is 0 Å². The molecule has 1 aliphatic carbocycles. The normalized spacial score (nSPS) is 21.4. The van der Waals surface area contributed by atoms with Gasteiger partial charge < -0.3 is 14.2 Å². The van der Waals surface area contributed by atoms with Gasteiger partial charge in [-0.05, 0) is 25.8 Å². The standard InChI is InChI=1S/C17H22O4/c1-11-5-7-14(17(18)21-4)15(9-11)13-8-6-12(19-2)10-16(13)20-3/h6,8-10,14-15H,5,7H2,1-4H3/t14-,15+/m1/s1. The highest BCUT2D eigenvalue weighted by Gasteiger charge is 2.33. The van der Waals surface area contributed by atoms with Crippen molar-refractivity contribution in [2.45, 2.75) is 25.7 Å². The first-order valence-electron chi connectivity index (χ1n) is 7.07. The second-order valence-corrected chi connectivity index (χ2v) is 5.32. The summed E-state index contributed by atoms with van der Waals surface area (Å²) in [7, 11) is 4.69. The highest BCUT2D eigenvalue weighted by Crippen LogP contribution is 2.41. The molecular formula is C17H22O4. The van der Waals surface area contributed by atoms with Crippen LogP contribution in [-0.2, 0) is 9.53 Å². The summed E-state index contributed by atoms with van der Waals surface area (Å²) in [5.74, 6) is 1.12. The van der Waals surface area contributed by atoms with Gasteiger partial charge in [0.05, 0.1) is 27.2 Å². The third-order valence-corrected chi connectivity index (χ3v) is 4.05. The first-order chi connectivity index (χ1) is 10.1. The zero-order chi connectivity index (χ0) is 15.4. The molecule has 0 saturated heterocycles. The molecule has 21 heavy (non-hydrogen) atoms. The van der Waals surface area contributed by atoms with Crippen LogP contribution in [0.15, 0.2) is 29.8 Å². The number of hydrogen-bond acceptors (Lipinski definition) is 4. The lowest BCUT2D eigenvalue weighted by Gasteiger charge is -2.29. The van der Waals surface area contributed by atoms with E-state index in [1.807, 2.05) is 18.2 Å². The van der Waals surface area contributed by atoms with Crippen molar-refractivity contribution in [2.75, 3.05) is 21.3 Å². The average Bonchev–Trinajstić information content (AvgIpc) is 2.53. The smallest absolute Gasteiger partial charge is 0.309 e. The Morgan fingerprint density at radius 2 is 1.95 bits per heavy atom. The molecule has 0 heterocycles. The molecule has 2 atom stereocenters. The Morgan fingerprint density at radius 3 is 2.57 bits per heavy atom. The third kappa shape index (κ3) is 3.20. The summed E-state index contributed by atoms with van der Waals surface area (Å²) >= 11 is 0. The monoisotopic (exact) mass is 290 g/mol. The molecule has 0 radical (unpaired) electrons. The molecule has 4 nitrogen and oxygen atoms in total. The van der Waals surface area contributed by atoms with Crippen LogP contribution in [0.2, 0.25) is 0 Å². The molecule has 0 bridgehead atoms. The van der Waals surface area contributed by atoms with Gasteiger partial charge in [0.25, 0.3) is 0 Å². The summed E-state index contributed by atoms with van der Waals surface area (Å²) in [4.78, 5) is 12.1. The molecule has 0 N–H and O–H groups in total. The fourth-order valence-corrected chi connectivity index (χ4v) is 2.88. The highest BCUT2D eigenvalue weighted by atomic mass is 16.5. The van der Waals surface area contributed by atoms with E-state index in [-0.39, 0.29) is 17.8 Å². The van der Waals surface area contributed by atoms with Gasteiger partial charge in [0.15, 0.2) is 0 Å². The number of carbonyl (C=O) groups excluding carboxylic acids is 1. The largest absolute Gasteiger partial charge is 0.497 e. The van der Waals surface area contributed by atoms with E-state index in [9.17, 15) is 4.79 Å². The summed E-state index contributed by atoms with van der Waals surface area (Å²) in [5, 5.41) is 0. The van der Waals surface area contributed by atoms with E-state index < -0.39 is 0 Å². The Balaban J connectivity index is 2.45. The lowest BCUT2D eigenvalue weighted by molar-refractivity contribution is -0.146. The Bertz CT molecular complexity index is 548. The number of hydrogen-bond donors (Lipinski definition) is 0. The van der Waals surface area contributed by atoms with Crippen molar-refractivity contribution in [3.05, 3.63) is 35.4 Å². The van der Waals surface area contributed by atoms with Crippen LogP contribution in [0, 0.1) is 5.92 Å². The second kappa shape index (κ2) is 6.66. The zero-order valence-corrected chi connectivity index (χ0v) is 13.0. The number of rotatable bonds is 4. The lowest BCUT2D eigenvalue weighted by Crippen LogP contribution is -2.25. The molecule has 0 spiro atoms. The summed E-state index contributed by atoms with van der Waals surface area (Å²) in [6, 6.07) is 5.71. The number of benzene rings is 1. The average molecular weight is 290 g/mol. The van der Waals surface area contributed by atoms with Gasteiger partial charge in [0.2, 0.25) is 0 Å². The van der Waals surface area contributed by atoms with Crippen LogP contribution >= 0.6 is 0 Å². The van der Waals surface area contributed by atoms with Gasteiger partial charge in [-0.3, -0.25) is 4.79 Å². The van der Waals surface area contributed by atoms with E-state index in [2.05, 4.69) is 13.0 Å². The van der Waals surface area contributed by atoms with Gasteiger partial charge in [-0.1, -0.05) is 17.7 Å². The van der Waals surface area contributed by atoms with Crippen molar-refractivity contribution >= 4 is 5.97 Å². The van der Waals surface area contributed by atoms with Gasteiger partial charge in [0, 0.05) is 17.5 Å². The van der Waals surface area contributed by atoms with Crippen LogP contribution in [0.3, 0.4) is 0 Å². The number of carbonyl (C=O) groups is 1. The van der Waals surface area contributed by atoms with E-state index in [0.29, 0.717) is 0 Å². The van der Waals surface area contributed by atoms with Crippen LogP contribution in [0.25, 0.3) is 0 Å². The van der Waals surface area contributed by atoms with Crippen molar-refractivity contribution in [2.24, 2.45) is 5.92 Å². The molecule has 114 valence electrons. The number of ether oxygens (including phenoxy) is 3. The van der Waals surface area contributed by atoms with Crippen molar-refractivity contribution in [1.29, 1.82) is 0 Å². The molecule has 0 aromatic heterocycles. The molecule has 2 rings (SSSR count). The van der Waals surface area contributed by atoms with Crippen LogP contribution in [0.4, 0.5) is 0 Å². The van der Waals surface area contributed by atoms with Crippen LogP contribution in [-0.4, -0.2) is 27.3 Å². The SMILES string of the molecule is COC(=O)[C@@H]1CCC(C)=C[C@H]1c1ccc(OC)cc1OC. The van der Waals surface area contributed by atoms with E-state index in [4.69, 9.17) is 14.2 Å². The summed E-state index contributed by atoms with van der Waals surface area (Å²) in [6.07, 6.45) is 3.87. The van der Waals surface area contributed by atoms with Gasteiger partial charge in [-0.2, -0.15) is 0 Å². The number of methoxy groups -OCH3 is 3. The van der Waals surface area contributed by atoms with Gasteiger partial charge in [0.1, 0.15) is 11.5 Å². The third-order valence-electron chi connectivity index (χ3n) is 4.05. The van der Waals surface area contributed by atoms with Gasteiger partial charge in [-0.15, -0.1) is 0 Å². The Labute approximate surface area is 125 Å². The molecule has 1 aromatic rings. The summed E-state index contributed by atoms with van der Waals surface area (Å²) in [5.41, 5.74) is 2.28. The predicted octanol–water partition coefficient (Wildman–Crippen LogP) is 3.32. The maximum absolute atomic E-state index is 12.1. The summed E-state index contributed by atoms with van der Waals surface area (Å²) < 4.78 is 15.7. The minimum absolute atomic E-state index is 0.0212. The fraction of sp³-hybridized carbons (Fsp3) is 0.471. The lowest BCUT2D eigenvalue weighted by atomic mass is 9.77. The van der Waals surface area contributed by atoms with Crippen LogP contribution in [0.5, 0.6) is 11.5 Å². The fourth-order valence-electron chi connectivity index (χ4n) is 2.88. The Hall–Kier alpha value is -1.97. The maximum atomic E-state index is 12.1. The molecular weight excluding hydrogens is 268 g/mol. The van der Waals surface area contributed by atoms with Crippen molar-refractivity contribution in [3.8, 4) is 11.5 Å². The quantitative estimate of drug-likeness (QED) is 0.630. The van der Waals surface area contributed by atoms with E-state index in [0.717, 1.165) is 29.9 Å². The van der Waals surface area contributed by atoms with Crippen LogP contribution in [0.1, 0.15) is 31.2 Å². The topological polar surface area (TPSA) is 44.8 Å². The van der Waals surface area contributed by atoms with E-state index >= 15 is 0 Å². The Morgan fingerprint density at radius 1 is 1.19 bits per heavy atom. The summed E-state index contributed by atoms with van der Waals surface area (Å²) in [6.45, 7) is 2.09. The van der Waals surface area contributed by atoms with E-state index in [1.54, 1.807) is 14.2 Å². The highest BCUT2D eigenvalue weighted by molar-refractivity contribution is 5.75. The minimum atomic E-state index is -0.166. The zero-order valence-electron chi connectivity index (χ0n) is 13.0. The molecule has 0 fully saturated rings. The first kappa shape index (κ1) is 15.4. The van der Waals surface area contributed by atoms with Gasteiger partial charge >= 0.3 is 5.97 Å². The molecule has 0 aliphatic heterocycles. The molecule has 0 saturated carbocycles. The minimum Gasteiger partial charge on any atom is -0.497 e. The maximum Gasteiger partial charge on any atom is 0.309 e. The predicted molar refractivity (Wildman–Crippen MR) is 80.8 cm³/mol. The number of esters is 1.